The van der Waals surface area contributed by atoms with Crippen LogP contribution in [0.15, 0.2) is 24.3 Å². The summed E-state index contributed by atoms with van der Waals surface area (Å²) in [7, 11) is 0. The van der Waals surface area contributed by atoms with Gasteiger partial charge in [0.1, 0.15) is 6.61 Å². The van der Waals surface area contributed by atoms with Crippen LogP contribution in [0.2, 0.25) is 0 Å². The van der Waals surface area contributed by atoms with E-state index >= 15 is 0 Å². The number of ether oxygens (including phenoxy) is 2. The second-order valence-corrected chi connectivity index (χ2v) is 5.72. The Morgan fingerprint density at radius 3 is 2.86 bits per heavy atom. The lowest BCUT2D eigenvalue weighted by atomic mass is 10.1. The number of amides is 1. The molecule has 0 spiro atoms. The number of likely N-dealkylation sites (N-methyl/N-ethyl adjacent to an activating group) is 1. The molecule has 1 saturated heterocycles. The standard InChI is InChI=1S/C16H22N2O4/c1-2-18(16(20)13-7-11(19)8-17-13)9-12-10-21-14-5-3-4-6-15(14)22-12/h3-6,11-13,17,19H,2,7-10H2,1H3. The molecule has 0 radical (unpaired) electrons. The highest BCUT2D eigenvalue weighted by atomic mass is 16.6. The largest absolute Gasteiger partial charge is 0.486 e. The highest BCUT2D eigenvalue weighted by Crippen LogP contribution is 2.31. The fourth-order valence-corrected chi connectivity index (χ4v) is 2.90. The van der Waals surface area contributed by atoms with Crippen molar-refractivity contribution in [2.24, 2.45) is 0 Å². The molecule has 1 amide bonds. The fourth-order valence-electron chi connectivity index (χ4n) is 2.90. The highest BCUT2D eigenvalue weighted by molar-refractivity contribution is 5.82. The van der Waals surface area contributed by atoms with Gasteiger partial charge in [0.05, 0.1) is 18.7 Å². The van der Waals surface area contributed by atoms with E-state index in [4.69, 9.17) is 9.47 Å². The molecule has 0 aliphatic carbocycles. The first-order valence-corrected chi connectivity index (χ1v) is 7.76. The van der Waals surface area contributed by atoms with Gasteiger partial charge in [0, 0.05) is 13.1 Å². The van der Waals surface area contributed by atoms with Gasteiger partial charge in [-0.05, 0) is 25.5 Å². The lowest BCUT2D eigenvalue weighted by molar-refractivity contribution is -0.134. The minimum atomic E-state index is -0.436. The number of β-amino-alcohol motifs (C(OH)–C–C–N with tert-alkyl or cyclic N) is 1. The number of aliphatic hydroxyl groups is 1. The number of nitrogens with zero attached hydrogens (tertiary/aromatic N) is 1. The molecule has 6 heteroatoms. The molecule has 3 atom stereocenters. The van der Waals surface area contributed by atoms with Gasteiger partial charge >= 0.3 is 0 Å². The normalized spacial score (nSPS) is 26.7. The number of hydrogen-bond acceptors (Lipinski definition) is 5. The van der Waals surface area contributed by atoms with Crippen molar-refractivity contribution in [1.82, 2.24) is 10.2 Å². The lowest BCUT2D eigenvalue weighted by Crippen LogP contribution is -2.49. The van der Waals surface area contributed by atoms with Crippen LogP contribution in [-0.4, -0.2) is 60.4 Å². The number of rotatable bonds is 4. The van der Waals surface area contributed by atoms with Crippen LogP contribution in [0.25, 0.3) is 0 Å². The molecule has 3 rings (SSSR count). The zero-order chi connectivity index (χ0) is 15.5. The molecule has 22 heavy (non-hydrogen) atoms. The van der Waals surface area contributed by atoms with Crippen LogP contribution in [0.3, 0.4) is 0 Å². The Morgan fingerprint density at radius 1 is 1.41 bits per heavy atom. The minimum absolute atomic E-state index is 0.0153. The molecule has 3 unspecified atom stereocenters. The first kappa shape index (κ1) is 15.1. The summed E-state index contributed by atoms with van der Waals surface area (Å²) in [5.74, 6) is 1.48. The third-order valence-corrected chi connectivity index (χ3v) is 4.09. The number of aliphatic hydroxyl groups excluding tert-OH is 1. The molecule has 120 valence electrons. The Bertz CT molecular complexity index is 537. The van der Waals surface area contributed by atoms with Gasteiger partial charge < -0.3 is 24.8 Å². The summed E-state index contributed by atoms with van der Waals surface area (Å²) in [6.45, 7) is 3.94. The van der Waals surface area contributed by atoms with Gasteiger partial charge in [0.2, 0.25) is 5.91 Å². The Kier molecular flexibility index (Phi) is 4.49. The van der Waals surface area contributed by atoms with Crippen molar-refractivity contribution in [1.29, 1.82) is 0 Å². The van der Waals surface area contributed by atoms with Crippen molar-refractivity contribution in [3.8, 4) is 11.5 Å². The van der Waals surface area contributed by atoms with E-state index in [0.29, 0.717) is 32.7 Å². The SMILES string of the molecule is CCN(CC1COc2ccccc2O1)C(=O)C1CC(O)CN1. The average Bonchev–Trinajstić information content (AvgIpc) is 2.98. The number of hydrogen-bond donors (Lipinski definition) is 2. The zero-order valence-electron chi connectivity index (χ0n) is 12.7. The molecule has 2 N–H and O–H groups in total. The summed E-state index contributed by atoms with van der Waals surface area (Å²) in [6, 6.07) is 7.25. The highest BCUT2D eigenvalue weighted by Gasteiger charge is 2.32. The summed E-state index contributed by atoms with van der Waals surface area (Å²) in [5, 5.41) is 12.6. The smallest absolute Gasteiger partial charge is 0.239 e. The molecule has 0 bridgehead atoms. The van der Waals surface area contributed by atoms with E-state index in [0.717, 1.165) is 11.5 Å². The summed E-state index contributed by atoms with van der Waals surface area (Å²) >= 11 is 0. The molecule has 0 saturated carbocycles. The number of benzene rings is 1. The maximum Gasteiger partial charge on any atom is 0.239 e. The van der Waals surface area contributed by atoms with Crippen LogP contribution in [0, 0.1) is 0 Å². The van der Waals surface area contributed by atoms with E-state index in [1.807, 2.05) is 31.2 Å². The van der Waals surface area contributed by atoms with Crippen LogP contribution in [0.1, 0.15) is 13.3 Å². The first-order chi connectivity index (χ1) is 10.7. The maximum atomic E-state index is 12.5. The third kappa shape index (κ3) is 3.18. The van der Waals surface area contributed by atoms with Gasteiger partial charge in [-0.3, -0.25) is 4.79 Å². The number of carbonyl (C=O) groups is 1. The molecule has 2 aliphatic heterocycles. The number of fused-ring (bicyclic) bond motifs is 1. The number of carbonyl (C=O) groups excluding carboxylic acids is 1. The van der Waals surface area contributed by atoms with E-state index in [9.17, 15) is 9.90 Å². The van der Waals surface area contributed by atoms with E-state index in [2.05, 4.69) is 5.32 Å². The Hall–Kier alpha value is -1.79. The fraction of sp³-hybridized carbons (Fsp3) is 0.562. The van der Waals surface area contributed by atoms with Crippen molar-refractivity contribution in [2.45, 2.75) is 31.6 Å². The van der Waals surface area contributed by atoms with E-state index in [-0.39, 0.29) is 18.1 Å². The molecule has 1 aromatic carbocycles. The number of para-hydroxylation sites is 2. The predicted octanol–water partition coefficient (Wildman–Crippen LogP) is 0.398. The van der Waals surface area contributed by atoms with Crippen molar-refractivity contribution in [3.05, 3.63) is 24.3 Å². The molecule has 1 aromatic rings. The summed E-state index contributed by atoms with van der Waals surface area (Å²) in [4.78, 5) is 14.3. The Morgan fingerprint density at radius 2 is 2.18 bits per heavy atom. The Balaban J connectivity index is 1.60. The molecule has 0 aromatic heterocycles. The molecular weight excluding hydrogens is 284 g/mol. The number of nitrogens with one attached hydrogen (secondary N) is 1. The van der Waals surface area contributed by atoms with E-state index in [1.54, 1.807) is 4.90 Å². The summed E-state index contributed by atoms with van der Waals surface area (Å²) in [6.07, 6.45) is -0.140. The molecule has 6 nitrogen and oxygen atoms in total. The van der Waals surface area contributed by atoms with Gasteiger partial charge in [0.15, 0.2) is 17.6 Å². The maximum absolute atomic E-state index is 12.5. The third-order valence-electron chi connectivity index (χ3n) is 4.09. The van der Waals surface area contributed by atoms with E-state index < -0.39 is 6.10 Å². The minimum Gasteiger partial charge on any atom is -0.486 e. The lowest BCUT2D eigenvalue weighted by Gasteiger charge is -2.32. The second-order valence-electron chi connectivity index (χ2n) is 5.72. The van der Waals surface area contributed by atoms with Crippen LogP contribution in [0.5, 0.6) is 11.5 Å². The molecule has 1 fully saturated rings. The molecule has 2 heterocycles. The van der Waals surface area contributed by atoms with Crippen molar-refractivity contribution in [3.63, 3.8) is 0 Å². The van der Waals surface area contributed by atoms with Gasteiger partial charge in [-0.25, -0.2) is 0 Å². The van der Waals surface area contributed by atoms with Crippen LogP contribution in [0.4, 0.5) is 0 Å². The van der Waals surface area contributed by atoms with E-state index in [1.165, 1.54) is 0 Å². The zero-order valence-corrected chi connectivity index (χ0v) is 12.7. The predicted molar refractivity (Wildman–Crippen MR) is 81.0 cm³/mol. The topological polar surface area (TPSA) is 71.0 Å². The van der Waals surface area contributed by atoms with Gasteiger partial charge in [-0.2, -0.15) is 0 Å². The first-order valence-electron chi connectivity index (χ1n) is 7.76. The van der Waals surface area contributed by atoms with Gasteiger partial charge in [0.25, 0.3) is 0 Å². The van der Waals surface area contributed by atoms with Crippen LogP contribution >= 0.6 is 0 Å². The monoisotopic (exact) mass is 306 g/mol. The molecule has 2 aliphatic rings. The molecular formula is C16H22N2O4. The van der Waals surface area contributed by atoms with Gasteiger partial charge in [-0.15, -0.1) is 0 Å². The van der Waals surface area contributed by atoms with Crippen LogP contribution in [-0.2, 0) is 4.79 Å². The Labute approximate surface area is 130 Å². The van der Waals surface area contributed by atoms with Gasteiger partial charge in [-0.1, -0.05) is 12.1 Å². The summed E-state index contributed by atoms with van der Waals surface area (Å²) in [5.41, 5.74) is 0. The van der Waals surface area contributed by atoms with Crippen LogP contribution < -0.4 is 14.8 Å². The second kappa shape index (κ2) is 6.54. The van der Waals surface area contributed by atoms with Crippen molar-refractivity contribution >= 4 is 5.91 Å². The van der Waals surface area contributed by atoms with Crippen molar-refractivity contribution < 1.29 is 19.4 Å². The summed E-state index contributed by atoms with van der Waals surface area (Å²) < 4.78 is 11.6. The van der Waals surface area contributed by atoms with Crippen molar-refractivity contribution in [2.75, 3.05) is 26.2 Å². The quantitative estimate of drug-likeness (QED) is 0.842. The average molecular weight is 306 g/mol.